The van der Waals surface area contributed by atoms with Crippen LogP contribution in [0.4, 0.5) is 0 Å². The van der Waals surface area contributed by atoms with Crippen LogP contribution in [0.5, 0.6) is 0 Å². The van der Waals surface area contributed by atoms with Gasteiger partial charge in [0.2, 0.25) is 0 Å². The molecule has 0 amide bonds. The van der Waals surface area contributed by atoms with Crippen molar-refractivity contribution in [2.45, 2.75) is 38.0 Å². The summed E-state index contributed by atoms with van der Waals surface area (Å²) in [5.74, 6) is 0.765. The minimum Gasteiger partial charge on any atom is -0.358 e. The summed E-state index contributed by atoms with van der Waals surface area (Å²) in [6.07, 6.45) is 6.92. The minimum absolute atomic E-state index is 0.765. The molecule has 1 aliphatic rings. The van der Waals surface area contributed by atoms with E-state index in [0.717, 1.165) is 5.92 Å². The summed E-state index contributed by atoms with van der Waals surface area (Å²) < 4.78 is 0. The van der Waals surface area contributed by atoms with Gasteiger partial charge in [-0.1, -0.05) is 49.6 Å². The first-order valence-electron chi connectivity index (χ1n) is 6.68. The van der Waals surface area contributed by atoms with Crippen LogP contribution in [0.1, 0.15) is 43.7 Å². The van der Waals surface area contributed by atoms with Gasteiger partial charge in [-0.3, -0.25) is 0 Å². The number of benzene rings is 1. The number of aromatic nitrogens is 1. The van der Waals surface area contributed by atoms with Gasteiger partial charge < -0.3 is 4.98 Å². The predicted molar refractivity (Wildman–Crippen MR) is 72.1 cm³/mol. The molecular formula is C16H19N. The highest BCUT2D eigenvalue weighted by molar-refractivity contribution is 5.59. The highest BCUT2D eigenvalue weighted by atomic mass is 14.7. The Labute approximate surface area is 103 Å². The smallest absolute Gasteiger partial charge is 0.0456 e. The first-order valence-corrected chi connectivity index (χ1v) is 6.68. The van der Waals surface area contributed by atoms with Crippen molar-refractivity contribution >= 4 is 0 Å². The highest BCUT2D eigenvalue weighted by Gasteiger charge is 2.16. The van der Waals surface area contributed by atoms with Crippen LogP contribution < -0.4 is 0 Å². The van der Waals surface area contributed by atoms with E-state index in [2.05, 4.69) is 47.4 Å². The maximum atomic E-state index is 3.60. The van der Waals surface area contributed by atoms with Gasteiger partial charge in [0, 0.05) is 11.4 Å². The molecule has 3 rings (SSSR count). The average molecular weight is 225 g/mol. The van der Waals surface area contributed by atoms with Gasteiger partial charge in [0.15, 0.2) is 0 Å². The quantitative estimate of drug-likeness (QED) is 0.760. The van der Waals surface area contributed by atoms with E-state index in [-0.39, 0.29) is 0 Å². The van der Waals surface area contributed by atoms with Crippen molar-refractivity contribution in [1.82, 2.24) is 4.98 Å². The molecule has 1 N–H and O–H groups in total. The second-order valence-electron chi connectivity index (χ2n) is 5.03. The molecule has 0 bridgehead atoms. The zero-order chi connectivity index (χ0) is 11.5. The van der Waals surface area contributed by atoms with E-state index in [1.807, 2.05) is 0 Å². The summed E-state index contributed by atoms with van der Waals surface area (Å²) in [5, 5.41) is 0. The normalized spacial score (nSPS) is 17.2. The van der Waals surface area contributed by atoms with E-state index >= 15 is 0 Å². The number of nitrogens with one attached hydrogen (secondary N) is 1. The lowest BCUT2D eigenvalue weighted by molar-refractivity contribution is 0.438. The maximum Gasteiger partial charge on any atom is 0.0456 e. The van der Waals surface area contributed by atoms with E-state index in [1.165, 1.54) is 49.1 Å². The summed E-state index contributed by atoms with van der Waals surface area (Å²) in [4.78, 5) is 3.60. The SMILES string of the molecule is c1ccc(-c2ccc(C3CCCCC3)[nH]2)cc1. The molecule has 17 heavy (non-hydrogen) atoms. The third-order valence-corrected chi connectivity index (χ3v) is 3.84. The van der Waals surface area contributed by atoms with E-state index < -0.39 is 0 Å². The fraction of sp³-hybridized carbons (Fsp3) is 0.375. The second-order valence-corrected chi connectivity index (χ2v) is 5.03. The van der Waals surface area contributed by atoms with Gasteiger partial charge >= 0.3 is 0 Å². The lowest BCUT2D eigenvalue weighted by Crippen LogP contribution is -2.04. The van der Waals surface area contributed by atoms with Crippen LogP contribution in [0.2, 0.25) is 0 Å². The fourth-order valence-corrected chi connectivity index (χ4v) is 2.85. The molecule has 0 radical (unpaired) electrons. The molecule has 1 fully saturated rings. The Kier molecular flexibility index (Phi) is 3.00. The first-order chi connectivity index (χ1) is 8.43. The third-order valence-electron chi connectivity index (χ3n) is 3.84. The van der Waals surface area contributed by atoms with Crippen molar-refractivity contribution in [1.29, 1.82) is 0 Å². The number of aromatic amines is 1. The summed E-state index contributed by atoms with van der Waals surface area (Å²) in [6.45, 7) is 0. The minimum atomic E-state index is 0.765. The van der Waals surface area contributed by atoms with Crippen molar-refractivity contribution in [2.24, 2.45) is 0 Å². The van der Waals surface area contributed by atoms with Gasteiger partial charge in [-0.15, -0.1) is 0 Å². The molecule has 1 aromatic heterocycles. The summed E-state index contributed by atoms with van der Waals surface area (Å²) in [5.41, 5.74) is 3.98. The number of rotatable bonds is 2. The first kappa shape index (κ1) is 10.6. The Morgan fingerprint density at radius 3 is 2.35 bits per heavy atom. The molecule has 1 aromatic carbocycles. The summed E-state index contributed by atoms with van der Waals surface area (Å²) >= 11 is 0. The molecule has 0 spiro atoms. The maximum absolute atomic E-state index is 3.60. The number of H-pyrrole nitrogens is 1. The van der Waals surface area contributed by atoms with Gasteiger partial charge in [0.25, 0.3) is 0 Å². The zero-order valence-corrected chi connectivity index (χ0v) is 10.2. The van der Waals surface area contributed by atoms with E-state index in [4.69, 9.17) is 0 Å². The molecule has 88 valence electrons. The van der Waals surface area contributed by atoms with E-state index in [9.17, 15) is 0 Å². The topological polar surface area (TPSA) is 15.8 Å². The van der Waals surface area contributed by atoms with Crippen LogP contribution in [0, 0.1) is 0 Å². The Morgan fingerprint density at radius 1 is 0.824 bits per heavy atom. The summed E-state index contributed by atoms with van der Waals surface area (Å²) in [6, 6.07) is 15.1. The van der Waals surface area contributed by atoms with Gasteiger partial charge in [0.1, 0.15) is 0 Å². The number of hydrogen-bond acceptors (Lipinski definition) is 0. The van der Waals surface area contributed by atoms with Crippen LogP contribution in [0.3, 0.4) is 0 Å². The lowest BCUT2D eigenvalue weighted by Gasteiger charge is -2.20. The monoisotopic (exact) mass is 225 g/mol. The Bertz CT molecular complexity index is 463. The molecule has 1 heteroatoms. The number of hydrogen-bond donors (Lipinski definition) is 1. The van der Waals surface area contributed by atoms with E-state index in [1.54, 1.807) is 0 Å². The molecule has 0 unspecified atom stereocenters. The van der Waals surface area contributed by atoms with Crippen LogP contribution in [-0.4, -0.2) is 4.98 Å². The molecule has 0 atom stereocenters. The Hall–Kier alpha value is -1.50. The Morgan fingerprint density at radius 2 is 1.59 bits per heavy atom. The van der Waals surface area contributed by atoms with Crippen LogP contribution in [-0.2, 0) is 0 Å². The van der Waals surface area contributed by atoms with Gasteiger partial charge in [-0.25, -0.2) is 0 Å². The lowest BCUT2D eigenvalue weighted by atomic mass is 9.87. The van der Waals surface area contributed by atoms with Crippen LogP contribution in [0.15, 0.2) is 42.5 Å². The van der Waals surface area contributed by atoms with Crippen molar-refractivity contribution in [3.8, 4) is 11.3 Å². The van der Waals surface area contributed by atoms with Gasteiger partial charge in [-0.2, -0.15) is 0 Å². The summed E-state index contributed by atoms with van der Waals surface area (Å²) in [7, 11) is 0. The van der Waals surface area contributed by atoms with Crippen molar-refractivity contribution in [3.63, 3.8) is 0 Å². The molecule has 1 heterocycles. The molecule has 0 aliphatic heterocycles. The molecule has 1 saturated carbocycles. The Balaban J connectivity index is 1.83. The molecule has 0 saturated heterocycles. The molecular weight excluding hydrogens is 206 g/mol. The molecule has 2 aromatic rings. The van der Waals surface area contributed by atoms with Crippen LogP contribution >= 0.6 is 0 Å². The average Bonchev–Trinajstić information content (AvgIpc) is 2.90. The van der Waals surface area contributed by atoms with Crippen molar-refractivity contribution in [3.05, 3.63) is 48.2 Å². The van der Waals surface area contributed by atoms with Gasteiger partial charge in [-0.05, 0) is 36.5 Å². The second kappa shape index (κ2) is 4.79. The van der Waals surface area contributed by atoms with Crippen molar-refractivity contribution < 1.29 is 0 Å². The van der Waals surface area contributed by atoms with Crippen LogP contribution in [0.25, 0.3) is 11.3 Å². The standard InChI is InChI=1S/C16H19N/c1-3-7-13(8-4-1)15-11-12-16(17-15)14-9-5-2-6-10-14/h1,3-4,7-8,11-12,14,17H,2,5-6,9-10H2. The third kappa shape index (κ3) is 2.28. The fourth-order valence-electron chi connectivity index (χ4n) is 2.85. The predicted octanol–water partition coefficient (Wildman–Crippen LogP) is 4.73. The van der Waals surface area contributed by atoms with Gasteiger partial charge in [0.05, 0.1) is 0 Å². The molecule has 1 aliphatic carbocycles. The largest absolute Gasteiger partial charge is 0.358 e. The molecule has 1 nitrogen and oxygen atoms in total. The zero-order valence-electron chi connectivity index (χ0n) is 10.2. The van der Waals surface area contributed by atoms with E-state index in [0.29, 0.717) is 0 Å². The van der Waals surface area contributed by atoms with Crippen molar-refractivity contribution in [2.75, 3.05) is 0 Å². The highest BCUT2D eigenvalue weighted by Crippen LogP contribution is 2.33.